The quantitative estimate of drug-likeness (QED) is 0.711. The van der Waals surface area contributed by atoms with Crippen LogP contribution >= 0.6 is 0 Å². The van der Waals surface area contributed by atoms with E-state index < -0.39 is 25.1 Å². The van der Waals surface area contributed by atoms with Gasteiger partial charge in [-0.2, -0.15) is 0 Å². The van der Waals surface area contributed by atoms with Crippen LogP contribution in [0.5, 0.6) is 5.75 Å². The Morgan fingerprint density at radius 3 is 1.96 bits per heavy atom. The van der Waals surface area contributed by atoms with Crippen molar-refractivity contribution in [3.05, 3.63) is 54.1 Å². The van der Waals surface area contributed by atoms with Crippen LogP contribution in [0.15, 0.2) is 53.4 Å². The Kier molecular flexibility index (Phi) is 6.50. The van der Waals surface area contributed by atoms with Crippen molar-refractivity contribution in [2.75, 3.05) is 38.9 Å². The van der Waals surface area contributed by atoms with Crippen molar-refractivity contribution < 1.29 is 21.6 Å². The maximum atomic E-state index is 13.2. The number of nitrogens with zero attached hydrogens (tertiary/aromatic N) is 1. The van der Waals surface area contributed by atoms with Gasteiger partial charge in [-0.25, -0.2) is 21.6 Å². The first-order valence-corrected chi connectivity index (χ1v) is 11.6. The van der Waals surface area contributed by atoms with Gasteiger partial charge in [0.15, 0.2) is 9.84 Å². The smallest absolute Gasteiger partial charge is 0.208 e. The zero-order chi connectivity index (χ0) is 20.2. The fraction of sp³-hybridized carbons (Fsp3) is 0.333. The number of rotatable bonds is 8. The molecule has 27 heavy (non-hydrogen) atoms. The SMILES string of the molecule is COc1ccc(S(=O)(=O)[C@@H](CNS(C)(=O)=O)c2ccc(N(C)C)cc2)cc1. The lowest BCUT2D eigenvalue weighted by molar-refractivity contribution is 0.414. The lowest BCUT2D eigenvalue weighted by Crippen LogP contribution is -2.31. The summed E-state index contributed by atoms with van der Waals surface area (Å²) in [7, 11) is -2.12. The molecule has 1 N–H and O–H groups in total. The molecule has 0 radical (unpaired) electrons. The van der Waals surface area contributed by atoms with Crippen LogP contribution in [0.3, 0.4) is 0 Å². The topological polar surface area (TPSA) is 92.8 Å². The second kappa shape index (κ2) is 8.28. The third-order valence-corrected chi connectivity index (χ3v) is 6.88. The number of hydrogen-bond acceptors (Lipinski definition) is 6. The van der Waals surface area contributed by atoms with Gasteiger partial charge in [-0.3, -0.25) is 0 Å². The van der Waals surface area contributed by atoms with Crippen LogP contribution in [0.4, 0.5) is 5.69 Å². The molecule has 0 aliphatic heterocycles. The Hall–Kier alpha value is -2.10. The summed E-state index contributed by atoms with van der Waals surface area (Å²) in [5.74, 6) is 0.537. The molecule has 2 rings (SSSR count). The number of benzene rings is 2. The van der Waals surface area contributed by atoms with E-state index in [-0.39, 0.29) is 11.4 Å². The molecule has 2 aromatic rings. The van der Waals surface area contributed by atoms with E-state index in [0.717, 1.165) is 11.9 Å². The van der Waals surface area contributed by atoms with Gasteiger partial charge in [-0.1, -0.05) is 12.1 Å². The fourth-order valence-electron chi connectivity index (χ4n) is 2.55. The van der Waals surface area contributed by atoms with Crippen molar-refractivity contribution in [1.29, 1.82) is 0 Å². The van der Waals surface area contributed by atoms with E-state index in [4.69, 9.17) is 4.74 Å². The molecule has 1 atom stereocenters. The number of ether oxygens (including phenoxy) is 1. The van der Waals surface area contributed by atoms with Crippen molar-refractivity contribution in [1.82, 2.24) is 4.72 Å². The molecule has 0 saturated heterocycles. The summed E-state index contributed by atoms with van der Waals surface area (Å²) >= 11 is 0. The monoisotopic (exact) mass is 412 g/mol. The maximum Gasteiger partial charge on any atom is 0.208 e. The Bertz CT molecular complexity index is 967. The van der Waals surface area contributed by atoms with E-state index in [0.29, 0.717) is 11.3 Å². The minimum Gasteiger partial charge on any atom is -0.497 e. The van der Waals surface area contributed by atoms with Crippen LogP contribution in [0, 0.1) is 0 Å². The molecule has 0 bridgehead atoms. The van der Waals surface area contributed by atoms with Gasteiger partial charge < -0.3 is 9.64 Å². The second-order valence-corrected chi connectivity index (χ2v) is 10.3. The van der Waals surface area contributed by atoms with Crippen LogP contribution in [-0.2, 0) is 19.9 Å². The Balaban J connectivity index is 2.46. The maximum absolute atomic E-state index is 13.2. The van der Waals surface area contributed by atoms with Crippen LogP contribution in [0.1, 0.15) is 10.8 Å². The summed E-state index contributed by atoms with van der Waals surface area (Å²) < 4.78 is 56.8. The van der Waals surface area contributed by atoms with Crippen LogP contribution in [-0.4, -0.2) is 50.8 Å². The van der Waals surface area contributed by atoms with Gasteiger partial charge in [0.05, 0.1) is 18.3 Å². The number of hydrogen-bond donors (Lipinski definition) is 1. The molecule has 0 heterocycles. The van der Waals surface area contributed by atoms with Crippen molar-refractivity contribution in [2.45, 2.75) is 10.1 Å². The highest BCUT2D eigenvalue weighted by Crippen LogP contribution is 2.30. The van der Waals surface area contributed by atoms with Crippen molar-refractivity contribution in [3.63, 3.8) is 0 Å². The summed E-state index contributed by atoms with van der Waals surface area (Å²) in [6, 6.07) is 13.0. The van der Waals surface area contributed by atoms with Gasteiger partial charge in [0, 0.05) is 26.3 Å². The number of methoxy groups -OCH3 is 1. The molecule has 0 saturated carbocycles. The third-order valence-electron chi connectivity index (χ3n) is 4.07. The van der Waals surface area contributed by atoms with Gasteiger partial charge in [0.2, 0.25) is 10.0 Å². The summed E-state index contributed by atoms with van der Waals surface area (Å²) in [6.07, 6.45) is 0.999. The largest absolute Gasteiger partial charge is 0.497 e. The first kappa shape index (κ1) is 21.2. The molecule has 7 nitrogen and oxygen atoms in total. The molecular weight excluding hydrogens is 388 g/mol. The molecule has 0 spiro atoms. The highest BCUT2D eigenvalue weighted by atomic mass is 32.2. The van der Waals surface area contributed by atoms with Crippen LogP contribution in [0.2, 0.25) is 0 Å². The molecule has 0 aliphatic rings. The lowest BCUT2D eigenvalue weighted by atomic mass is 10.1. The van der Waals surface area contributed by atoms with E-state index in [9.17, 15) is 16.8 Å². The van der Waals surface area contributed by atoms with E-state index in [1.807, 2.05) is 19.0 Å². The predicted octanol–water partition coefficient (Wildman–Crippen LogP) is 1.83. The molecule has 2 aromatic carbocycles. The number of sulfonamides is 1. The highest BCUT2D eigenvalue weighted by molar-refractivity contribution is 7.92. The zero-order valence-corrected chi connectivity index (χ0v) is 17.3. The Morgan fingerprint density at radius 1 is 0.963 bits per heavy atom. The Morgan fingerprint density at radius 2 is 1.52 bits per heavy atom. The summed E-state index contributed by atoms with van der Waals surface area (Å²) in [5, 5.41) is -1.06. The second-order valence-electron chi connectivity index (χ2n) is 6.32. The van der Waals surface area contributed by atoms with E-state index >= 15 is 0 Å². The average molecular weight is 413 g/mol. The van der Waals surface area contributed by atoms with Crippen molar-refractivity contribution in [3.8, 4) is 5.75 Å². The van der Waals surface area contributed by atoms with Crippen LogP contribution < -0.4 is 14.4 Å². The minimum absolute atomic E-state index is 0.0975. The number of sulfone groups is 1. The predicted molar refractivity (Wildman–Crippen MR) is 107 cm³/mol. The van der Waals surface area contributed by atoms with E-state index in [1.165, 1.54) is 19.2 Å². The standard InChI is InChI=1S/C18H24N2O5S2/c1-20(2)15-7-5-14(6-8-15)18(13-19-26(4,21)22)27(23,24)17-11-9-16(25-3)10-12-17/h5-12,18-19H,13H2,1-4H3/t18-/m0/s1. The molecule has 0 aromatic heterocycles. The normalized spacial score (nSPS) is 13.2. The molecular formula is C18H24N2O5S2. The average Bonchev–Trinajstić information content (AvgIpc) is 2.61. The summed E-state index contributed by atoms with van der Waals surface area (Å²) in [4.78, 5) is 1.99. The van der Waals surface area contributed by atoms with Gasteiger partial charge in [0.25, 0.3) is 0 Å². The van der Waals surface area contributed by atoms with Crippen molar-refractivity contribution >= 4 is 25.5 Å². The summed E-state index contributed by atoms with van der Waals surface area (Å²) in [6.45, 7) is -0.255. The fourth-order valence-corrected chi connectivity index (χ4v) is 4.79. The van der Waals surface area contributed by atoms with E-state index in [2.05, 4.69) is 4.72 Å². The Labute approximate surface area is 160 Å². The van der Waals surface area contributed by atoms with E-state index in [1.54, 1.807) is 36.4 Å². The molecule has 0 amide bonds. The zero-order valence-electron chi connectivity index (χ0n) is 15.7. The molecule has 0 fully saturated rings. The van der Waals surface area contributed by atoms with Gasteiger partial charge in [-0.05, 0) is 42.0 Å². The van der Waals surface area contributed by atoms with Crippen molar-refractivity contribution in [2.24, 2.45) is 0 Å². The van der Waals surface area contributed by atoms with Gasteiger partial charge in [0.1, 0.15) is 11.0 Å². The molecule has 0 aliphatic carbocycles. The lowest BCUT2D eigenvalue weighted by Gasteiger charge is -2.20. The number of anilines is 1. The first-order chi connectivity index (χ1) is 12.5. The third kappa shape index (κ3) is 5.44. The minimum atomic E-state index is -3.83. The molecule has 0 unspecified atom stereocenters. The number of nitrogens with one attached hydrogen (secondary N) is 1. The van der Waals surface area contributed by atoms with Gasteiger partial charge in [-0.15, -0.1) is 0 Å². The molecule has 148 valence electrons. The highest BCUT2D eigenvalue weighted by Gasteiger charge is 2.30. The van der Waals surface area contributed by atoms with Crippen LogP contribution in [0.25, 0.3) is 0 Å². The first-order valence-electron chi connectivity index (χ1n) is 8.14. The molecule has 9 heteroatoms. The summed E-state index contributed by atoms with van der Waals surface area (Å²) in [5.41, 5.74) is 1.42. The van der Waals surface area contributed by atoms with Gasteiger partial charge >= 0.3 is 0 Å².